The molecular formula is C19H17F3N2O3. The maximum atomic E-state index is 12.3. The lowest BCUT2D eigenvalue weighted by Crippen LogP contribution is -2.25. The second kappa shape index (κ2) is 7.69. The number of hydrogen-bond donors (Lipinski definition) is 1. The molecule has 0 spiro atoms. The SMILES string of the molecule is Cc1ccc2c(CC(=O)NCc3cccnc3OCC(F)(F)F)coc2c1. The fourth-order valence-electron chi connectivity index (χ4n) is 2.60. The Morgan fingerprint density at radius 2 is 2.07 bits per heavy atom. The van der Waals surface area contributed by atoms with Crippen molar-refractivity contribution in [2.24, 2.45) is 0 Å². The molecule has 2 aromatic heterocycles. The Balaban J connectivity index is 1.62. The van der Waals surface area contributed by atoms with Crippen molar-refractivity contribution in [1.29, 1.82) is 0 Å². The molecule has 1 aromatic carbocycles. The molecule has 0 saturated carbocycles. The van der Waals surface area contributed by atoms with Gasteiger partial charge in [0, 0.05) is 29.3 Å². The number of rotatable bonds is 6. The van der Waals surface area contributed by atoms with E-state index >= 15 is 0 Å². The fourth-order valence-corrected chi connectivity index (χ4v) is 2.60. The number of pyridine rings is 1. The summed E-state index contributed by atoms with van der Waals surface area (Å²) in [6, 6.07) is 8.82. The lowest BCUT2D eigenvalue weighted by molar-refractivity contribution is -0.154. The van der Waals surface area contributed by atoms with Gasteiger partial charge in [-0.05, 0) is 24.6 Å². The Morgan fingerprint density at radius 1 is 1.26 bits per heavy atom. The first-order chi connectivity index (χ1) is 12.8. The van der Waals surface area contributed by atoms with E-state index in [0.29, 0.717) is 11.1 Å². The van der Waals surface area contributed by atoms with E-state index in [1.165, 1.54) is 12.5 Å². The number of fused-ring (bicyclic) bond motifs is 1. The van der Waals surface area contributed by atoms with Gasteiger partial charge >= 0.3 is 6.18 Å². The number of carbonyl (C=O) groups is 1. The summed E-state index contributed by atoms with van der Waals surface area (Å²) in [6.45, 7) is 0.515. The predicted molar refractivity (Wildman–Crippen MR) is 92.3 cm³/mol. The van der Waals surface area contributed by atoms with Crippen molar-refractivity contribution in [1.82, 2.24) is 10.3 Å². The van der Waals surface area contributed by atoms with E-state index in [1.54, 1.807) is 12.1 Å². The van der Waals surface area contributed by atoms with Gasteiger partial charge in [0.05, 0.1) is 12.7 Å². The Labute approximate surface area is 153 Å². The first-order valence-electron chi connectivity index (χ1n) is 8.19. The third-order valence-corrected chi connectivity index (χ3v) is 3.86. The number of benzene rings is 1. The zero-order valence-corrected chi connectivity index (χ0v) is 14.5. The van der Waals surface area contributed by atoms with Crippen molar-refractivity contribution >= 4 is 16.9 Å². The van der Waals surface area contributed by atoms with Crippen LogP contribution in [0.15, 0.2) is 47.2 Å². The van der Waals surface area contributed by atoms with E-state index in [9.17, 15) is 18.0 Å². The third-order valence-electron chi connectivity index (χ3n) is 3.86. The molecule has 1 N–H and O–H groups in total. The predicted octanol–water partition coefficient (Wildman–Crippen LogP) is 3.94. The van der Waals surface area contributed by atoms with E-state index < -0.39 is 12.8 Å². The molecule has 8 heteroatoms. The van der Waals surface area contributed by atoms with Gasteiger partial charge in [0.15, 0.2) is 6.61 Å². The molecule has 1 amide bonds. The van der Waals surface area contributed by atoms with Crippen LogP contribution in [-0.4, -0.2) is 23.7 Å². The summed E-state index contributed by atoms with van der Waals surface area (Å²) in [5, 5.41) is 3.52. The van der Waals surface area contributed by atoms with Crippen molar-refractivity contribution in [3.05, 3.63) is 59.5 Å². The van der Waals surface area contributed by atoms with Gasteiger partial charge in [0.1, 0.15) is 5.58 Å². The molecule has 0 fully saturated rings. The van der Waals surface area contributed by atoms with Crippen LogP contribution in [0.3, 0.4) is 0 Å². The molecule has 0 saturated heterocycles. The van der Waals surface area contributed by atoms with Crippen molar-refractivity contribution in [3.8, 4) is 5.88 Å². The zero-order chi connectivity index (χ0) is 19.4. The average molecular weight is 378 g/mol. The minimum absolute atomic E-state index is 0.00869. The molecule has 0 aliphatic rings. The Kier molecular flexibility index (Phi) is 5.34. The summed E-state index contributed by atoms with van der Waals surface area (Å²) in [6.07, 6.45) is -1.50. The van der Waals surface area contributed by atoms with Crippen LogP contribution in [0.4, 0.5) is 13.2 Å². The molecule has 3 rings (SSSR count). The largest absolute Gasteiger partial charge is 0.468 e. The number of hydrogen-bond acceptors (Lipinski definition) is 4. The second-order valence-electron chi connectivity index (χ2n) is 6.09. The number of halogens is 3. The van der Waals surface area contributed by atoms with Crippen molar-refractivity contribution in [2.45, 2.75) is 26.1 Å². The molecular weight excluding hydrogens is 361 g/mol. The summed E-state index contributed by atoms with van der Waals surface area (Å²) in [5.74, 6) is -0.441. The van der Waals surface area contributed by atoms with Gasteiger partial charge in [0.2, 0.25) is 11.8 Å². The van der Waals surface area contributed by atoms with Crippen LogP contribution in [0.5, 0.6) is 5.88 Å². The molecule has 0 unspecified atom stereocenters. The standard InChI is InChI=1S/C19H17F3N2O3/c1-12-4-5-15-14(10-26-16(15)7-12)8-17(25)24-9-13-3-2-6-23-18(13)27-11-19(20,21)22/h2-7,10H,8-9,11H2,1H3,(H,24,25). The molecule has 0 atom stereocenters. The maximum Gasteiger partial charge on any atom is 0.422 e. The summed E-state index contributed by atoms with van der Waals surface area (Å²) in [7, 11) is 0. The number of amides is 1. The number of nitrogens with zero attached hydrogens (tertiary/aromatic N) is 1. The van der Waals surface area contributed by atoms with Crippen LogP contribution >= 0.6 is 0 Å². The lowest BCUT2D eigenvalue weighted by Gasteiger charge is -2.12. The van der Waals surface area contributed by atoms with Gasteiger partial charge in [-0.2, -0.15) is 13.2 Å². The van der Waals surface area contributed by atoms with Gasteiger partial charge in [-0.3, -0.25) is 4.79 Å². The van der Waals surface area contributed by atoms with Crippen LogP contribution in [0.25, 0.3) is 11.0 Å². The van der Waals surface area contributed by atoms with Crippen LogP contribution in [0.1, 0.15) is 16.7 Å². The molecule has 0 radical (unpaired) electrons. The van der Waals surface area contributed by atoms with Crippen LogP contribution in [-0.2, 0) is 17.8 Å². The highest BCUT2D eigenvalue weighted by Gasteiger charge is 2.29. The monoisotopic (exact) mass is 378 g/mol. The normalized spacial score (nSPS) is 11.6. The molecule has 2 heterocycles. The Hall–Kier alpha value is -3.03. The molecule has 142 valence electrons. The molecule has 0 aliphatic carbocycles. The fraction of sp³-hybridized carbons (Fsp3) is 0.263. The smallest absolute Gasteiger partial charge is 0.422 e. The highest BCUT2D eigenvalue weighted by Crippen LogP contribution is 2.23. The first kappa shape index (κ1) is 18.8. The first-order valence-corrected chi connectivity index (χ1v) is 8.19. The summed E-state index contributed by atoms with van der Waals surface area (Å²) < 4.78 is 47.1. The highest BCUT2D eigenvalue weighted by molar-refractivity contribution is 5.87. The maximum absolute atomic E-state index is 12.3. The number of aromatic nitrogens is 1. The van der Waals surface area contributed by atoms with Crippen molar-refractivity contribution in [2.75, 3.05) is 6.61 Å². The Bertz CT molecular complexity index is 951. The minimum atomic E-state index is -4.46. The van der Waals surface area contributed by atoms with Gasteiger partial charge in [0.25, 0.3) is 0 Å². The van der Waals surface area contributed by atoms with E-state index in [0.717, 1.165) is 16.5 Å². The van der Waals surface area contributed by atoms with Gasteiger partial charge in [-0.25, -0.2) is 4.98 Å². The Morgan fingerprint density at radius 3 is 2.85 bits per heavy atom. The van der Waals surface area contributed by atoms with E-state index in [1.807, 2.05) is 25.1 Å². The van der Waals surface area contributed by atoms with Crippen molar-refractivity contribution < 1.29 is 27.1 Å². The van der Waals surface area contributed by atoms with Crippen LogP contribution < -0.4 is 10.1 Å². The van der Waals surface area contributed by atoms with E-state index in [4.69, 9.17) is 9.15 Å². The second-order valence-corrected chi connectivity index (χ2v) is 6.09. The van der Waals surface area contributed by atoms with E-state index in [2.05, 4.69) is 10.3 Å². The molecule has 3 aromatic rings. The summed E-state index contributed by atoms with van der Waals surface area (Å²) in [4.78, 5) is 16.0. The number of aryl methyl sites for hydroxylation is 1. The van der Waals surface area contributed by atoms with Gasteiger partial charge in [-0.1, -0.05) is 18.2 Å². The average Bonchev–Trinajstić information content (AvgIpc) is 3.00. The molecule has 27 heavy (non-hydrogen) atoms. The number of furan rings is 1. The topological polar surface area (TPSA) is 64.4 Å². The number of carbonyl (C=O) groups excluding carboxylic acids is 1. The number of nitrogens with one attached hydrogen (secondary N) is 1. The zero-order valence-electron chi connectivity index (χ0n) is 14.5. The molecule has 5 nitrogen and oxygen atoms in total. The lowest BCUT2D eigenvalue weighted by atomic mass is 10.1. The number of ether oxygens (including phenoxy) is 1. The number of alkyl halides is 3. The highest BCUT2D eigenvalue weighted by atomic mass is 19.4. The molecule has 0 aliphatic heterocycles. The van der Waals surface area contributed by atoms with Crippen LogP contribution in [0, 0.1) is 6.92 Å². The summed E-state index contributed by atoms with van der Waals surface area (Å²) in [5.41, 5.74) is 2.86. The summed E-state index contributed by atoms with van der Waals surface area (Å²) >= 11 is 0. The van der Waals surface area contributed by atoms with Crippen LogP contribution in [0.2, 0.25) is 0 Å². The van der Waals surface area contributed by atoms with E-state index in [-0.39, 0.29) is 24.8 Å². The third kappa shape index (κ3) is 4.99. The quantitative estimate of drug-likeness (QED) is 0.706. The van der Waals surface area contributed by atoms with Gasteiger partial charge < -0.3 is 14.5 Å². The van der Waals surface area contributed by atoms with Crippen molar-refractivity contribution in [3.63, 3.8) is 0 Å². The minimum Gasteiger partial charge on any atom is -0.468 e. The molecule has 0 bridgehead atoms. The van der Waals surface area contributed by atoms with Gasteiger partial charge in [-0.15, -0.1) is 0 Å².